The van der Waals surface area contributed by atoms with E-state index < -0.39 is 6.01 Å². The summed E-state index contributed by atoms with van der Waals surface area (Å²) >= 11 is 0. The molecule has 0 aliphatic heterocycles. The highest BCUT2D eigenvalue weighted by atomic mass is 17.1. The second-order valence-electron chi connectivity index (χ2n) is 11.3. The van der Waals surface area contributed by atoms with Gasteiger partial charge in [-0.25, -0.2) is 19.6 Å². The summed E-state index contributed by atoms with van der Waals surface area (Å²) in [4.78, 5) is 29.1. The van der Waals surface area contributed by atoms with Crippen molar-refractivity contribution in [3.63, 3.8) is 0 Å². The molecular weight excluding hydrogens is 736 g/mol. The lowest BCUT2D eigenvalue weighted by atomic mass is 10.1. The number of azo groups is 2. The monoisotopic (exact) mass is 776 g/mol. The maximum absolute atomic E-state index is 10.3. The number of nitrogens with one attached hydrogen (secondary N) is 3. The van der Waals surface area contributed by atoms with Crippen LogP contribution in [0.3, 0.4) is 0 Å². The first-order valence-electron chi connectivity index (χ1n) is 16.3. The minimum Gasteiger partial charge on any atom is -0.494 e. The molecule has 0 amide bonds. The van der Waals surface area contributed by atoms with Gasteiger partial charge in [0.15, 0.2) is 0 Å². The molecule has 0 aliphatic carbocycles. The number of benzene rings is 4. The van der Waals surface area contributed by atoms with Crippen LogP contribution in [0.15, 0.2) is 93.3 Å². The highest BCUT2D eigenvalue weighted by molar-refractivity contribution is 5.69. The molecule has 0 saturated heterocycles. The number of ether oxygens (including phenoxy) is 2. The number of rotatable bonds is 18. The van der Waals surface area contributed by atoms with Crippen LogP contribution in [0, 0.1) is 0 Å². The Hall–Kier alpha value is -6.27. The van der Waals surface area contributed by atoms with E-state index in [0.717, 1.165) is 0 Å². The summed E-state index contributed by atoms with van der Waals surface area (Å²) in [5.74, 6) is 0.674. The van der Waals surface area contributed by atoms with E-state index >= 15 is 0 Å². The fourth-order valence-corrected chi connectivity index (χ4v) is 4.87. The molecule has 56 heavy (non-hydrogen) atoms. The Labute approximate surface area is 319 Å². The minimum atomic E-state index is -0.571. The molecule has 5 rings (SSSR count). The van der Waals surface area contributed by atoms with E-state index in [0.29, 0.717) is 67.9 Å². The molecule has 8 N–H and O–H groups in total. The van der Waals surface area contributed by atoms with Crippen LogP contribution in [0.5, 0.6) is 17.5 Å². The molecule has 0 atom stereocenters. The van der Waals surface area contributed by atoms with Crippen LogP contribution in [0.2, 0.25) is 0 Å². The topological polar surface area (TPSA) is 281 Å². The van der Waals surface area contributed by atoms with Crippen LogP contribution in [-0.4, -0.2) is 69.4 Å². The highest BCUT2D eigenvalue weighted by Gasteiger charge is 2.13. The third-order valence-corrected chi connectivity index (χ3v) is 7.05. The zero-order chi connectivity index (χ0) is 40.3. The number of hydrogen-bond acceptors (Lipinski definition) is 21. The maximum Gasteiger partial charge on any atom is 0.320 e. The molecule has 0 fully saturated rings. The van der Waals surface area contributed by atoms with Crippen molar-refractivity contribution in [1.29, 1.82) is 0 Å². The molecule has 4 aromatic carbocycles. The van der Waals surface area contributed by atoms with Crippen LogP contribution < -0.4 is 25.4 Å². The predicted octanol–water partition coefficient (Wildman–Crippen LogP) is 7.71. The van der Waals surface area contributed by atoms with Crippen molar-refractivity contribution in [2.45, 2.75) is 26.4 Å². The first-order valence-corrected chi connectivity index (χ1v) is 16.3. The van der Waals surface area contributed by atoms with Gasteiger partial charge < -0.3 is 30.5 Å². The lowest BCUT2D eigenvalue weighted by molar-refractivity contribution is -0.254. The number of nitrogens with zero attached hydrogens (tertiary/aromatic N) is 7. The molecule has 0 aliphatic rings. The normalized spacial score (nSPS) is 11.1. The maximum atomic E-state index is 10.3. The van der Waals surface area contributed by atoms with E-state index in [2.05, 4.69) is 70.9 Å². The van der Waals surface area contributed by atoms with Gasteiger partial charge in [-0.3, -0.25) is 21.0 Å². The molecule has 0 spiro atoms. The number of aromatic nitrogens is 3. The average Bonchev–Trinajstić information content (AvgIpc) is 3.17. The van der Waals surface area contributed by atoms with Crippen molar-refractivity contribution >= 4 is 46.0 Å². The number of methoxy groups -OCH3 is 2. The molecule has 1 heterocycles. The Balaban J connectivity index is 0.00000225. The van der Waals surface area contributed by atoms with Crippen molar-refractivity contribution in [2.24, 2.45) is 20.5 Å². The molecule has 21 heteroatoms. The fraction of sp³-hybridized carbons (Fsp3) is 0.229. The minimum absolute atomic E-state index is 0.0154. The van der Waals surface area contributed by atoms with Crippen LogP contribution in [0.4, 0.5) is 46.0 Å². The van der Waals surface area contributed by atoms with E-state index in [1.165, 1.54) is 14.2 Å². The molecule has 1 aromatic heterocycles. The van der Waals surface area contributed by atoms with Gasteiger partial charge in [0.05, 0.1) is 48.3 Å². The van der Waals surface area contributed by atoms with Crippen LogP contribution in [-0.2, 0) is 46.0 Å². The van der Waals surface area contributed by atoms with Gasteiger partial charge in [0.1, 0.15) is 37.9 Å². The second kappa shape index (κ2) is 22.2. The first kappa shape index (κ1) is 42.5. The van der Waals surface area contributed by atoms with Crippen LogP contribution in [0.25, 0.3) is 0 Å². The van der Waals surface area contributed by atoms with Gasteiger partial charge in [-0.05, 0) is 84.9 Å². The van der Waals surface area contributed by atoms with Crippen molar-refractivity contribution in [2.75, 3.05) is 38.9 Å². The fourth-order valence-electron chi connectivity index (χ4n) is 4.87. The number of hydrogen-bond donors (Lipinski definition) is 8. The average molecular weight is 777 g/mol. The third-order valence-electron chi connectivity index (χ3n) is 7.05. The van der Waals surface area contributed by atoms with E-state index in [4.69, 9.17) is 30.5 Å². The zero-order valence-electron chi connectivity index (χ0n) is 30.6. The Morgan fingerprint density at radius 1 is 0.500 bits per heavy atom. The SMILES string of the molecule is CNC.COc1cc(N=Nc2cc(COO)cc(COO)c2)ccc1Nc1nc(O)nc(Nc2ccc(N=Nc3cc(COO)cc(COO)c3)cc2OC)n1. The van der Waals surface area contributed by atoms with E-state index in [1.54, 1.807) is 72.8 Å². The molecule has 0 unspecified atom stereocenters. The number of aromatic hydroxyl groups is 1. The summed E-state index contributed by atoms with van der Waals surface area (Å²) in [6.45, 7) is -0.395. The molecule has 296 valence electrons. The lowest BCUT2D eigenvalue weighted by Crippen LogP contribution is -2.05. The van der Waals surface area contributed by atoms with E-state index in [9.17, 15) is 5.11 Å². The van der Waals surface area contributed by atoms with Gasteiger partial charge >= 0.3 is 6.01 Å². The lowest BCUT2D eigenvalue weighted by Gasteiger charge is -2.13. The van der Waals surface area contributed by atoms with Crippen LogP contribution >= 0.6 is 0 Å². The number of anilines is 4. The first-order chi connectivity index (χ1) is 27.2. The Kier molecular flexibility index (Phi) is 16.8. The summed E-state index contributed by atoms with van der Waals surface area (Å²) in [6.07, 6.45) is 0. The summed E-state index contributed by atoms with van der Waals surface area (Å²) in [5.41, 5.74) is 4.90. The van der Waals surface area contributed by atoms with Gasteiger partial charge in [0.2, 0.25) is 11.9 Å². The third kappa shape index (κ3) is 12.9. The summed E-state index contributed by atoms with van der Waals surface area (Å²) < 4.78 is 11.1. The Morgan fingerprint density at radius 2 is 0.839 bits per heavy atom. The standard InChI is InChI=1S/C33H33N9O11.C2H7N/c1-48-29-13-23(39-41-25-9-19(15-50-44)7-20(10-25)16-51-45)3-5-27(29)34-31-36-32(38-33(43)37-31)35-28-6-4-24(14-30(28)49-2)40-42-26-11-21(17-52-46)8-22(12-26)18-53-47;1-3-2/h3-14,44-47H,15-18H2,1-2H3,(H3,34,35,36,37,38,43);3H,1-2H3. The summed E-state index contributed by atoms with van der Waals surface area (Å²) in [7, 11) is 6.67. The van der Waals surface area contributed by atoms with Crippen molar-refractivity contribution in [3.05, 3.63) is 95.1 Å². The van der Waals surface area contributed by atoms with Gasteiger partial charge in [0, 0.05) is 12.1 Å². The molecule has 21 nitrogen and oxygen atoms in total. The smallest absolute Gasteiger partial charge is 0.320 e. The van der Waals surface area contributed by atoms with Crippen molar-refractivity contribution in [3.8, 4) is 17.5 Å². The van der Waals surface area contributed by atoms with Gasteiger partial charge in [-0.1, -0.05) is 12.1 Å². The van der Waals surface area contributed by atoms with E-state index in [1.807, 2.05) is 14.1 Å². The Bertz CT molecular complexity index is 1900. The largest absolute Gasteiger partial charge is 0.494 e. The van der Waals surface area contributed by atoms with Gasteiger partial charge in [-0.15, -0.1) is 0 Å². The molecule has 0 bridgehead atoms. The molecule has 0 radical (unpaired) electrons. The van der Waals surface area contributed by atoms with E-state index in [-0.39, 0.29) is 38.3 Å². The Morgan fingerprint density at radius 3 is 1.16 bits per heavy atom. The molecule has 5 aromatic rings. The van der Waals surface area contributed by atoms with Gasteiger partial charge in [-0.2, -0.15) is 35.4 Å². The van der Waals surface area contributed by atoms with Crippen molar-refractivity contribution in [1.82, 2.24) is 20.3 Å². The summed E-state index contributed by atoms with van der Waals surface area (Å²) in [6, 6.07) is 19.2. The quantitative estimate of drug-likeness (QED) is 0.0240. The summed E-state index contributed by atoms with van der Waals surface area (Å²) in [5, 5.41) is 71.3. The predicted molar refractivity (Wildman–Crippen MR) is 200 cm³/mol. The second-order valence-corrected chi connectivity index (χ2v) is 11.3. The van der Waals surface area contributed by atoms with Crippen molar-refractivity contribution < 1.29 is 55.2 Å². The van der Waals surface area contributed by atoms with Gasteiger partial charge in [0.25, 0.3) is 0 Å². The molecular formula is C35H40N10O11. The zero-order valence-corrected chi connectivity index (χ0v) is 30.6. The van der Waals surface area contributed by atoms with Crippen LogP contribution in [0.1, 0.15) is 22.3 Å². The molecule has 0 saturated carbocycles. The highest BCUT2D eigenvalue weighted by Crippen LogP contribution is 2.35.